The minimum absolute atomic E-state index is 0.0180. The van der Waals surface area contributed by atoms with Gasteiger partial charge in [0.2, 0.25) is 0 Å². The summed E-state index contributed by atoms with van der Waals surface area (Å²) in [5.41, 5.74) is 0. The zero-order valence-electron chi connectivity index (χ0n) is 8.20. The summed E-state index contributed by atoms with van der Waals surface area (Å²) >= 11 is 0. The van der Waals surface area contributed by atoms with Crippen LogP contribution in [0.1, 0.15) is 12.8 Å². The average molecular weight is 246 g/mol. The molecule has 15 heavy (non-hydrogen) atoms. The van der Waals surface area contributed by atoms with Crippen molar-refractivity contribution in [2.24, 2.45) is 11.8 Å². The Labute approximate surface area is 93.4 Å². The van der Waals surface area contributed by atoms with Gasteiger partial charge in [-0.3, -0.25) is 4.79 Å². The molecule has 4 nitrogen and oxygen atoms in total. The van der Waals surface area contributed by atoms with Crippen molar-refractivity contribution in [2.75, 3.05) is 6.61 Å². The molecule has 0 aromatic rings. The molecule has 0 bridgehead atoms. The Balaban J connectivity index is 2.03. The third-order valence-electron chi connectivity index (χ3n) is 3.12. The molecule has 0 aromatic heterocycles. The summed E-state index contributed by atoms with van der Waals surface area (Å²) in [5, 5.41) is 9.30. The number of hydrogen-bond donors (Lipinski definition) is 1. The summed E-state index contributed by atoms with van der Waals surface area (Å²) in [5.74, 6) is -0.0780. The minimum Gasteiger partial charge on any atom is -0.462 e. The van der Waals surface area contributed by atoms with Crippen molar-refractivity contribution in [3.63, 3.8) is 0 Å². The summed E-state index contributed by atoms with van der Waals surface area (Å²) in [4.78, 5) is 11.1. The standard InChI is InChI=1S/C8H13BO4P2/c9-15(14)13-7-2-6-4(5(7)3-10)1-8(11)12-6/h4-7,10H,1-3,14H2/t4-,5-,6?,7-,15?/m1/s1. The number of rotatable bonds is 3. The number of hydrogen-bond acceptors (Lipinski definition) is 4. The molecule has 1 N–H and O–H groups in total. The van der Waals surface area contributed by atoms with Crippen LogP contribution in [-0.4, -0.2) is 37.5 Å². The lowest BCUT2D eigenvalue weighted by molar-refractivity contribution is -0.141. The third kappa shape index (κ3) is 2.36. The maximum atomic E-state index is 11.1. The van der Waals surface area contributed by atoms with Crippen LogP contribution in [-0.2, 0) is 14.1 Å². The van der Waals surface area contributed by atoms with Gasteiger partial charge >= 0.3 is 5.97 Å². The van der Waals surface area contributed by atoms with Gasteiger partial charge < -0.3 is 14.4 Å². The second-order valence-corrected chi connectivity index (χ2v) is 6.44. The summed E-state index contributed by atoms with van der Waals surface area (Å²) in [7, 11) is 6.99. The third-order valence-corrected chi connectivity index (χ3v) is 4.00. The SMILES string of the molecule is [B]P(P)O[C@@H]1CC2OC(=O)C[C@@H]2[C@H]1CO. The molecule has 2 rings (SSSR count). The van der Waals surface area contributed by atoms with Crippen molar-refractivity contribution in [3.05, 3.63) is 0 Å². The van der Waals surface area contributed by atoms with Gasteiger partial charge in [-0.05, 0) is 7.72 Å². The van der Waals surface area contributed by atoms with Crippen LogP contribution in [0.2, 0.25) is 0 Å². The predicted octanol–water partition coefficient (Wildman–Crippen LogP) is 0.586. The summed E-state index contributed by atoms with van der Waals surface area (Å²) < 4.78 is 10.7. The van der Waals surface area contributed by atoms with E-state index in [1.54, 1.807) is 0 Å². The molecular weight excluding hydrogens is 233 g/mol. The van der Waals surface area contributed by atoms with E-state index >= 15 is 0 Å². The zero-order chi connectivity index (χ0) is 11.0. The molecule has 0 aromatic carbocycles. The molecule has 2 aliphatic rings. The molecule has 7 heteroatoms. The molecule has 2 fully saturated rings. The van der Waals surface area contributed by atoms with Gasteiger partial charge in [0.1, 0.15) is 6.10 Å². The second kappa shape index (κ2) is 4.67. The van der Waals surface area contributed by atoms with Gasteiger partial charge in [-0.15, -0.1) is 0 Å². The summed E-state index contributed by atoms with van der Waals surface area (Å²) in [6.07, 6.45) is 0.896. The van der Waals surface area contributed by atoms with E-state index in [1.807, 2.05) is 0 Å². The lowest BCUT2D eigenvalue weighted by Crippen LogP contribution is -2.24. The Kier molecular flexibility index (Phi) is 3.67. The van der Waals surface area contributed by atoms with Crippen LogP contribution in [0.4, 0.5) is 0 Å². The largest absolute Gasteiger partial charge is 0.462 e. The van der Waals surface area contributed by atoms with Crippen molar-refractivity contribution < 1.29 is 19.2 Å². The Morgan fingerprint density at radius 3 is 3.07 bits per heavy atom. The van der Waals surface area contributed by atoms with Crippen LogP contribution in [0.25, 0.3) is 0 Å². The Hall–Kier alpha value is 0.315. The molecule has 2 radical (unpaired) electrons. The van der Waals surface area contributed by atoms with Crippen molar-refractivity contribution >= 4 is 30.2 Å². The van der Waals surface area contributed by atoms with Gasteiger partial charge in [0.25, 0.3) is 0 Å². The highest BCUT2D eigenvalue weighted by molar-refractivity contribution is 8.23. The van der Waals surface area contributed by atoms with Gasteiger partial charge in [-0.1, -0.05) is 8.93 Å². The van der Waals surface area contributed by atoms with Gasteiger partial charge in [0.15, 0.2) is 7.57 Å². The molecule has 0 amide bonds. The number of esters is 1. The number of carbonyl (C=O) groups is 1. The Morgan fingerprint density at radius 2 is 2.47 bits per heavy atom. The van der Waals surface area contributed by atoms with Crippen LogP contribution in [0.15, 0.2) is 0 Å². The van der Waals surface area contributed by atoms with Crippen molar-refractivity contribution in [2.45, 2.75) is 25.0 Å². The van der Waals surface area contributed by atoms with Crippen LogP contribution in [0.3, 0.4) is 0 Å². The predicted molar refractivity (Wildman–Crippen MR) is 60.4 cm³/mol. The van der Waals surface area contributed by atoms with E-state index in [0.29, 0.717) is 12.8 Å². The Morgan fingerprint density at radius 1 is 1.73 bits per heavy atom. The van der Waals surface area contributed by atoms with Crippen LogP contribution >= 0.6 is 16.6 Å². The lowest BCUT2D eigenvalue weighted by atomic mass is 9.93. The first-order valence-electron chi connectivity index (χ1n) is 4.88. The highest BCUT2D eigenvalue weighted by Crippen LogP contribution is 2.49. The lowest BCUT2D eigenvalue weighted by Gasteiger charge is -2.22. The van der Waals surface area contributed by atoms with E-state index in [2.05, 4.69) is 8.93 Å². The summed E-state index contributed by atoms with van der Waals surface area (Å²) in [6, 6.07) is 0. The molecule has 1 aliphatic heterocycles. The fourth-order valence-electron chi connectivity index (χ4n) is 2.49. The second-order valence-electron chi connectivity index (χ2n) is 3.98. The van der Waals surface area contributed by atoms with Crippen LogP contribution in [0, 0.1) is 11.8 Å². The molecule has 6 atom stereocenters. The molecular formula is C8H13BO4P2. The number of fused-ring (bicyclic) bond motifs is 1. The quantitative estimate of drug-likeness (QED) is 0.449. The highest BCUT2D eigenvalue weighted by Gasteiger charge is 2.50. The van der Waals surface area contributed by atoms with Crippen LogP contribution < -0.4 is 0 Å². The molecule has 0 spiro atoms. The van der Waals surface area contributed by atoms with Gasteiger partial charge in [0, 0.05) is 24.9 Å². The molecule has 82 valence electrons. The smallest absolute Gasteiger partial charge is 0.306 e. The Bertz CT molecular complexity index is 263. The van der Waals surface area contributed by atoms with Crippen LogP contribution in [0.5, 0.6) is 0 Å². The zero-order valence-corrected chi connectivity index (χ0v) is 10.3. The molecule has 1 saturated carbocycles. The first-order valence-corrected chi connectivity index (χ1v) is 7.83. The maximum absolute atomic E-state index is 11.1. The number of aliphatic hydroxyl groups excluding tert-OH is 1. The monoisotopic (exact) mass is 246 g/mol. The van der Waals surface area contributed by atoms with E-state index in [4.69, 9.17) is 16.8 Å². The first-order chi connectivity index (χ1) is 7.11. The van der Waals surface area contributed by atoms with Gasteiger partial charge in [0.05, 0.1) is 12.5 Å². The average Bonchev–Trinajstić information content (AvgIpc) is 2.59. The topological polar surface area (TPSA) is 55.8 Å². The molecule has 1 saturated heterocycles. The van der Waals surface area contributed by atoms with Gasteiger partial charge in [-0.2, -0.15) is 0 Å². The van der Waals surface area contributed by atoms with E-state index in [0.717, 1.165) is 0 Å². The van der Waals surface area contributed by atoms with E-state index < -0.39 is 7.72 Å². The molecule has 1 heterocycles. The van der Waals surface area contributed by atoms with E-state index in [-0.39, 0.29) is 36.6 Å². The minimum atomic E-state index is -1.01. The number of ether oxygens (including phenoxy) is 1. The van der Waals surface area contributed by atoms with Crippen molar-refractivity contribution in [1.29, 1.82) is 0 Å². The number of aliphatic hydroxyl groups is 1. The number of carbonyl (C=O) groups excluding carboxylic acids is 1. The summed E-state index contributed by atoms with van der Waals surface area (Å²) in [6.45, 7) is 0.0241. The molecule has 1 aliphatic carbocycles. The van der Waals surface area contributed by atoms with Crippen molar-refractivity contribution in [1.82, 2.24) is 0 Å². The molecule has 3 unspecified atom stereocenters. The fourth-order valence-corrected chi connectivity index (χ4v) is 3.51. The normalized spacial score (nSPS) is 41.3. The van der Waals surface area contributed by atoms with E-state index in [1.165, 1.54) is 0 Å². The maximum Gasteiger partial charge on any atom is 0.306 e. The fraction of sp³-hybridized carbons (Fsp3) is 0.875. The first kappa shape index (κ1) is 11.8. The van der Waals surface area contributed by atoms with E-state index in [9.17, 15) is 9.90 Å². The highest BCUT2D eigenvalue weighted by atomic mass is 32.0. The van der Waals surface area contributed by atoms with Crippen molar-refractivity contribution in [3.8, 4) is 0 Å². The van der Waals surface area contributed by atoms with Gasteiger partial charge in [-0.25, -0.2) is 0 Å².